The lowest BCUT2D eigenvalue weighted by Crippen LogP contribution is -2.44. The molecule has 0 unspecified atom stereocenters. The lowest BCUT2D eigenvalue weighted by atomic mass is 10.0. The first-order valence-corrected chi connectivity index (χ1v) is 8.10. The highest BCUT2D eigenvalue weighted by atomic mass is 35.5. The molecule has 3 N–H and O–H groups in total. The smallest absolute Gasteiger partial charge is 0.475 e. The van der Waals surface area contributed by atoms with Gasteiger partial charge in [0.1, 0.15) is 0 Å². The van der Waals surface area contributed by atoms with Crippen molar-refractivity contribution < 1.29 is 27.9 Å². The molecule has 10 heteroatoms. The predicted molar refractivity (Wildman–Crippen MR) is 87.6 cm³/mol. The number of carbonyl (C=O) groups is 2. The highest BCUT2D eigenvalue weighted by Gasteiger charge is 2.38. The number of carbonyl (C=O) groups excluding carboxylic acids is 1. The zero-order valence-electron chi connectivity index (χ0n) is 13.0. The monoisotopic (exact) mass is 400 g/mol. The van der Waals surface area contributed by atoms with Crippen molar-refractivity contribution >= 4 is 35.1 Å². The molecule has 0 spiro atoms. The molecule has 1 fully saturated rings. The molecular formula is C15H17Cl2F3N2O3. The molecule has 140 valence electrons. The molecule has 1 aliphatic rings. The van der Waals surface area contributed by atoms with Crippen molar-refractivity contribution in [3.63, 3.8) is 0 Å². The molecule has 1 aromatic rings. The lowest BCUT2D eigenvalue weighted by molar-refractivity contribution is -0.192. The van der Waals surface area contributed by atoms with Gasteiger partial charge in [0.2, 0.25) is 5.91 Å². The van der Waals surface area contributed by atoms with E-state index in [1.807, 2.05) is 18.2 Å². The van der Waals surface area contributed by atoms with Gasteiger partial charge in [-0.1, -0.05) is 29.3 Å². The normalized spacial score (nSPS) is 17.3. The van der Waals surface area contributed by atoms with Gasteiger partial charge in [0.15, 0.2) is 0 Å². The summed E-state index contributed by atoms with van der Waals surface area (Å²) in [6.45, 7) is 1.36. The van der Waals surface area contributed by atoms with Crippen LogP contribution in [0, 0.1) is 0 Å². The summed E-state index contributed by atoms with van der Waals surface area (Å²) in [5.41, 5.74) is 0.906. The van der Waals surface area contributed by atoms with E-state index in [4.69, 9.17) is 33.1 Å². The molecule has 1 atom stereocenters. The molecule has 25 heavy (non-hydrogen) atoms. The van der Waals surface area contributed by atoms with Gasteiger partial charge in [-0.3, -0.25) is 4.79 Å². The number of aliphatic carboxylic acids is 1. The van der Waals surface area contributed by atoms with Crippen LogP contribution in [0.2, 0.25) is 10.0 Å². The number of benzene rings is 1. The standard InChI is InChI=1S/C13H16Cl2N2O.C2HF3O2/c14-11-4-2-5-12(15)10(11)8-16-7-9-3-1-6-13(18)17-9;3-2(4,5)1(6)7/h2,4-5,9,16H,1,3,6-8H2,(H,17,18);(H,6,7)/t9-;/m1./s1. The zero-order chi connectivity index (χ0) is 19.0. The van der Waals surface area contributed by atoms with Gasteiger partial charge in [-0.05, 0) is 25.0 Å². The maximum Gasteiger partial charge on any atom is 0.490 e. The number of piperidine rings is 1. The van der Waals surface area contributed by atoms with Crippen molar-refractivity contribution in [2.45, 2.75) is 38.0 Å². The highest BCUT2D eigenvalue weighted by Crippen LogP contribution is 2.23. The molecular weight excluding hydrogens is 384 g/mol. The van der Waals surface area contributed by atoms with Crippen LogP contribution >= 0.6 is 23.2 Å². The summed E-state index contributed by atoms with van der Waals surface area (Å²) < 4.78 is 31.7. The number of carboxylic acids is 1. The predicted octanol–water partition coefficient (Wildman–Crippen LogP) is 3.39. The third-order valence-electron chi connectivity index (χ3n) is 3.32. The van der Waals surface area contributed by atoms with Crippen LogP contribution in [-0.2, 0) is 16.1 Å². The Bertz CT molecular complexity index is 592. The molecule has 1 aromatic carbocycles. The van der Waals surface area contributed by atoms with Crippen molar-refractivity contribution in [1.29, 1.82) is 0 Å². The third-order valence-corrected chi connectivity index (χ3v) is 4.03. The van der Waals surface area contributed by atoms with E-state index >= 15 is 0 Å². The Balaban J connectivity index is 0.000000381. The van der Waals surface area contributed by atoms with Gasteiger partial charge in [0, 0.05) is 41.2 Å². The highest BCUT2D eigenvalue weighted by molar-refractivity contribution is 6.35. The molecule has 1 amide bonds. The molecule has 0 aliphatic carbocycles. The first-order chi connectivity index (χ1) is 11.6. The van der Waals surface area contributed by atoms with E-state index in [9.17, 15) is 18.0 Å². The molecule has 0 aromatic heterocycles. The molecule has 5 nitrogen and oxygen atoms in total. The fraction of sp³-hybridized carbons (Fsp3) is 0.467. The Morgan fingerprint density at radius 2 is 1.88 bits per heavy atom. The van der Waals surface area contributed by atoms with E-state index < -0.39 is 12.1 Å². The number of carboxylic acid groups (broad SMARTS) is 1. The van der Waals surface area contributed by atoms with E-state index in [2.05, 4.69) is 10.6 Å². The minimum atomic E-state index is -5.08. The van der Waals surface area contributed by atoms with Crippen LogP contribution < -0.4 is 10.6 Å². The molecule has 0 bridgehead atoms. The molecule has 0 saturated carbocycles. The Morgan fingerprint density at radius 3 is 2.36 bits per heavy atom. The van der Waals surface area contributed by atoms with Crippen LogP contribution in [0.1, 0.15) is 24.8 Å². The number of rotatable bonds is 4. The molecule has 1 aliphatic heterocycles. The van der Waals surface area contributed by atoms with Crippen molar-refractivity contribution in [3.05, 3.63) is 33.8 Å². The van der Waals surface area contributed by atoms with Crippen molar-refractivity contribution in [2.24, 2.45) is 0 Å². The largest absolute Gasteiger partial charge is 0.490 e. The summed E-state index contributed by atoms with van der Waals surface area (Å²) in [5.74, 6) is -2.61. The van der Waals surface area contributed by atoms with Gasteiger partial charge >= 0.3 is 12.1 Å². The minimum absolute atomic E-state index is 0.142. The first-order valence-electron chi connectivity index (χ1n) is 7.34. The number of amides is 1. The first kappa shape index (κ1) is 21.5. The molecule has 1 heterocycles. The van der Waals surface area contributed by atoms with Gasteiger partial charge in [-0.2, -0.15) is 13.2 Å². The number of alkyl halides is 3. The minimum Gasteiger partial charge on any atom is -0.475 e. The van der Waals surface area contributed by atoms with Gasteiger partial charge in [-0.15, -0.1) is 0 Å². The Kier molecular flexibility index (Phi) is 8.47. The Labute approximate surface area is 152 Å². The molecule has 2 rings (SSSR count). The summed E-state index contributed by atoms with van der Waals surface area (Å²) in [4.78, 5) is 20.1. The van der Waals surface area contributed by atoms with E-state index in [0.29, 0.717) is 23.0 Å². The van der Waals surface area contributed by atoms with Gasteiger partial charge in [0.25, 0.3) is 0 Å². The van der Waals surface area contributed by atoms with E-state index in [1.54, 1.807) is 0 Å². The maximum atomic E-state index is 11.2. The second-order valence-corrected chi connectivity index (χ2v) is 6.11. The number of nitrogens with one attached hydrogen (secondary N) is 2. The van der Waals surface area contributed by atoms with Crippen molar-refractivity contribution in [2.75, 3.05) is 6.54 Å². The van der Waals surface area contributed by atoms with E-state index in [0.717, 1.165) is 24.9 Å². The SMILES string of the molecule is O=C(O)C(F)(F)F.O=C1CCC[C@H](CNCc2c(Cl)cccc2Cl)N1. The average Bonchev–Trinajstić information content (AvgIpc) is 2.50. The molecule has 1 saturated heterocycles. The maximum absolute atomic E-state index is 11.2. The second kappa shape index (κ2) is 9.84. The summed E-state index contributed by atoms with van der Waals surface area (Å²) in [5, 5.41) is 14.7. The molecule has 0 radical (unpaired) electrons. The fourth-order valence-corrected chi connectivity index (χ4v) is 2.64. The summed E-state index contributed by atoms with van der Waals surface area (Å²) in [7, 11) is 0. The van der Waals surface area contributed by atoms with Crippen LogP contribution in [0.15, 0.2) is 18.2 Å². The number of hydrogen-bond acceptors (Lipinski definition) is 3. The number of halogens is 5. The summed E-state index contributed by atoms with van der Waals surface area (Å²) in [6, 6.07) is 5.70. The Morgan fingerprint density at radius 1 is 1.32 bits per heavy atom. The van der Waals surface area contributed by atoms with E-state index in [1.165, 1.54) is 0 Å². The van der Waals surface area contributed by atoms with Gasteiger partial charge < -0.3 is 15.7 Å². The van der Waals surface area contributed by atoms with Crippen LogP contribution in [0.3, 0.4) is 0 Å². The summed E-state index contributed by atoms with van der Waals surface area (Å²) >= 11 is 12.2. The van der Waals surface area contributed by atoms with Gasteiger partial charge in [-0.25, -0.2) is 4.79 Å². The van der Waals surface area contributed by atoms with Crippen molar-refractivity contribution in [3.8, 4) is 0 Å². The quantitative estimate of drug-likeness (QED) is 0.723. The van der Waals surface area contributed by atoms with Crippen LogP contribution in [0.4, 0.5) is 13.2 Å². The van der Waals surface area contributed by atoms with Crippen LogP contribution in [0.25, 0.3) is 0 Å². The number of hydrogen-bond donors (Lipinski definition) is 3. The van der Waals surface area contributed by atoms with Gasteiger partial charge in [0.05, 0.1) is 0 Å². The average molecular weight is 401 g/mol. The zero-order valence-corrected chi connectivity index (χ0v) is 14.5. The van der Waals surface area contributed by atoms with Crippen LogP contribution in [0.5, 0.6) is 0 Å². The topological polar surface area (TPSA) is 78.4 Å². The lowest BCUT2D eigenvalue weighted by Gasteiger charge is -2.23. The fourth-order valence-electron chi connectivity index (χ4n) is 2.11. The van der Waals surface area contributed by atoms with Crippen LogP contribution in [-0.4, -0.2) is 35.7 Å². The third kappa shape index (κ3) is 7.94. The summed E-state index contributed by atoms with van der Waals surface area (Å²) in [6.07, 6.45) is -2.45. The van der Waals surface area contributed by atoms with E-state index in [-0.39, 0.29) is 11.9 Å². The van der Waals surface area contributed by atoms with Crippen molar-refractivity contribution in [1.82, 2.24) is 10.6 Å². The second-order valence-electron chi connectivity index (χ2n) is 5.29. The Hall–Kier alpha value is -1.51.